The lowest BCUT2D eigenvalue weighted by Gasteiger charge is -2.20. The topological polar surface area (TPSA) is 72.3 Å². The minimum atomic E-state index is -0.581. The Balaban J connectivity index is 1.42. The van der Waals surface area contributed by atoms with Gasteiger partial charge in [0.2, 0.25) is 0 Å². The quantitative estimate of drug-likeness (QED) is 0.637. The van der Waals surface area contributed by atoms with Crippen LogP contribution >= 0.6 is 0 Å². The van der Waals surface area contributed by atoms with E-state index in [-0.39, 0.29) is 11.9 Å². The number of fused-ring (bicyclic) bond motifs is 1. The molecule has 1 atom stereocenters. The second-order valence-corrected chi connectivity index (χ2v) is 7.82. The van der Waals surface area contributed by atoms with Crippen LogP contribution in [0.2, 0.25) is 0 Å². The SMILES string of the molecule is COc1cccc(C(=O)NC(C)c2nnc3n2CCN(Cc2ccc(F)cc2F)CC3)c1. The van der Waals surface area contributed by atoms with Crippen LogP contribution in [0.25, 0.3) is 0 Å². The number of halogens is 2. The maximum absolute atomic E-state index is 14.0. The Labute approximate surface area is 185 Å². The van der Waals surface area contributed by atoms with Crippen LogP contribution in [0.3, 0.4) is 0 Å². The van der Waals surface area contributed by atoms with Gasteiger partial charge in [0.25, 0.3) is 5.91 Å². The molecule has 1 N–H and O–H groups in total. The lowest BCUT2D eigenvalue weighted by Crippen LogP contribution is -2.30. The number of hydrogen-bond acceptors (Lipinski definition) is 5. The number of nitrogens with zero attached hydrogens (tertiary/aromatic N) is 4. The summed E-state index contributed by atoms with van der Waals surface area (Å²) in [6.45, 7) is 4.21. The van der Waals surface area contributed by atoms with Crippen molar-refractivity contribution in [3.63, 3.8) is 0 Å². The van der Waals surface area contributed by atoms with Crippen molar-refractivity contribution in [2.45, 2.75) is 32.5 Å². The number of amides is 1. The fourth-order valence-corrected chi connectivity index (χ4v) is 3.87. The summed E-state index contributed by atoms with van der Waals surface area (Å²) in [5.74, 6) is 0.761. The minimum Gasteiger partial charge on any atom is -0.497 e. The number of ether oxygens (including phenoxy) is 1. The van der Waals surface area contributed by atoms with Gasteiger partial charge < -0.3 is 14.6 Å². The summed E-state index contributed by atoms with van der Waals surface area (Å²) in [7, 11) is 1.55. The molecule has 1 aliphatic rings. The molecule has 0 bridgehead atoms. The average molecular weight is 441 g/mol. The van der Waals surface area contributed by atoms with Crippen LogP contribution in [-0.4, -0.2) is 45.8 Å². The zero-order chi connectivity index (χ0) is 22.7. The van der Waals surface area contributed by atoms with Crippen LogP contribution in [0.15, 0.2) is 42.5 Å². The summed E-state index contributed by atoms with van der Waals surface area (Å²) in [5, 5.41) is 11.6. The number of methoxy groups -OCH3 is 1. The third kappa shape index (κ3) is 4.77. The molecule has 2 heterocycles. The molecule has 7 nitrogen and oxygen atoms in total. The Bertz CT molecular complexity index is 1120. The van der Waals surface area contributed by atoms with E-state index >= 15 is 0 Å². The van der Waals surface area contributed by atoms with Crippen molar-refractivity contribution < 1.29 is 18.3 Å². The summed E-state index contributed by atoms with van der Waals surface area (Å²) in [4.78, 5) is 14.8. The van der Waals surface area contributed by atoms with Crippen molar-refractivity contribution in [1.82, 2.24) is 25.0 Å². The Morgan fingerprint density at radius 3 is 2.78 bits per heavy atom. The molecule has 0 spiro atoms. The summed E-state index contributed by atoms with van der Waals surface area (Å²) in [5.41, 5.74) is 0.961. The summed E-state index contributed by atoms with van der Waals surface area (Å²) >= 11 is 0. The Morgan fingerprint density at radius 1 is 1.16 bits per heavy atom. The number of carbonyl (C=O) groups is 1. The molecule has 1 aromatic heterocycles. The van der Waals surface area contributed by atoms with Crippen molar-refractivity contribution in [3.05, 3.63) is 76.9 Å². The smallest absolute Gasteiger partial charge is 0.251 e. The van der Waals surface area contributed by atoms with Gasteiger partial charge in [0.15, 0.2) is 5.82 Å². The Kier molecular flexibility index (Phi) is 6.45. The molecule has 0 saturated carbocycles. The van der Waals surface area contributed by atoms with E-state index in [1.165, 1.54) is 12.1 Å². The van der Waals surface area contributed by atoms with Crippen LogP contribution in [-0.2, 0) is 19.5 Å². The Hall–Kier alpha value is -3.33. The molecule has 3 aromatic rings. The number of rotatable bonds is 6. The van der Waals surface area contributed by atoms with Crippen LogP contribution in [0.5, 0.6) is 5.75 Å². The normalized spacial score (nSPS) is 15.0. The highest BCUT2D eigenvalue weighted by Gasteiger charge is 2.23. The summed E-state index contributed by atoms with van der Waals surface area (Å²) in [6, 6.07) is 10.3. The molecule has 2 aromatic carbocycles. The van der Waals surface area contributed by atoms with Gasteiger partial charge in [-0.05, 0) is 31.2 Å². The van der Waals surface area contributed by atoms with Gasteiger partial charge in [-0.15, -0.1) is 10.2 Å². The predicted molar refractivity (Wildman–Crippen MR) is 114 cm³/mol. The zero-order valence-electron chi connectivity index (χ0n) is 18.0. The standard InChI is InChI=1S/C23H25F2N5O2/c1-15(26-23(31)16-4-3-5-19(12-16)32-2)22-28-27-21-8-9-29(10-11-30(21)22)14-17-6-7-18(24)13-20(17)25/h3-7,12-13,15H,8-11,14H2,1-2H3,(H,26,31). The first-order valence-electron chi connectivity index (χ1n) is 10.5. The largest absolute Gasteiger partial charge is 0.497 e. The predicted octanol–water partition coefficient (Wildman–Crippen LogP) is 3.11. The maximum Gasteiger partial charge on any atom is 0.251 e. The highest BCUT2D eigenvalue weighted by molar-refractivity contribution is 5.94. The van der Waals surface area contributed by atoms with Crippen LogP contribution in [0.1, 0.15) is 40.5 Å². The third-order valence-electron chi connectivity index (χ3n) is 5.62. The van der Waals surface area contributed by atoms with E-state index in [1.807, 2.05) is 11.5 Å². The van der Waals surface area contributed by atoms with Crippen molar-refractivity contribution in [3.8, 4) is 5.75 Å². The van der Waals surface area contributed by atoms with E-state index in [2.05, 4.69) is 20.4 Å². The van der Waals surface area contributed by atoms with Crippen molar-refractivity contribution in [2.75, 3.05) is 20.2 Å². The molecule has 0 aliphatic carbocycles. The first kappa shape index (κ1) is 21.9. The number of nitrogens with one attached hydrogen (secondary N) is 1. The van der Waals surface area contributed by atoms with Gasteiger partial charge in [-0.2, -0.15) is 0 Å². The monoisotopic (exact) mass is 441 g/mol. The molecule has 32 heavy (non-hydrogen) atoms. The molecule has 168 valence electrons. The summed E-state index contributed by atoms with van der Waals surface area (Å²) < 4.78 is 34.4. The number of aromatic nitrogens is 3. The van der Waals surface area contributed by atoms with Crippen LogP contribution in [0, 0.1) is 11.6 Å². The zero-order valence-corrected chi connectivity index (χ0v) is 18.0. The first-order valence-corrected chi connectivity index (χ1v) is 10.5. The van der Waals surface area contributed by atoms with Crippen LogP contribution < -0.4 is 10.1 Å². The van der Waals surface area contributed by atoms with E-state index < -0.39 is 11.6 Å². The highest BCUT2D eigenvalue weighted by Crippen LogP contribution is 2.19. The van der Waals surface area contributed by atoms with Gasteiger partial charge in [0.05, 0.1) is 13.2 Å². The minimum absolute atomic E-state index is 0.226. The molecule has 0 fully saturated rings. The van der Waals surface area contributed by atoms with E-state index in [0.29, 0.717) is 55.3 Å². The van der Waals surface area contributed by atoms with Crippen LogP contribution in [0.4, 0.5) is 8.78 Å². The molecule has 1 unspecified atom stereocenters. The second-order valence-electron chi connectivity index (χ2n) is 7.82. The molecular formula is C23H25F2N5O2. The van der Waals surface area contributed by atoms with Gasteiger partial charge >= 0.3 is 0 Å². The van der Waals surface area contributed by atoms with Gasteiger partial charge in [-0.3, -0.25) is 9.69 Å². The third-order valence-corrected chi connectivity index (χ3v) is 5.62. The van der Waals surface area contributed by atoms with E-state index in [1.54, 1.807) is 31.4 Å². The van der Waals surface area contributed by atoms with Gasteiger partial charge in [0.1, 0.15) is 23.2 Å². The molecule has 1 amide bonds. The number of carbonyl (C=O) groups excluding carboxylic acids is 1. The first-order chi connectivity index (χ1) is 15.4. The molecule has 0 radical (unpaired) electrons. The summed E-state index contributed by atoms with van der Waals surface area (Å²) in [6.07, 6.45) is 0.645. The number of benzene rings is 2. The maximum atomic E-state index is 14.0. The van der Waals surface area contributed by atoms with E-state index in [9.17, 15) is 13.6 Å². The molecule has 4 rings (SSSR count). The number of hydrogen-bond donors (Lipinski definition) is 1. The van der Waals surface area contributed by atoms with Crippen molar-refractivity contribution in [2.24, 2.45) is 0 Å². The van der Waals surface area contributed by atoms with E-state index in [0.717, 1.165) is 11.9 Å². The molecule has 9 heteroatoms. The fraction of sp³-hybridized carbons (Fsp3) is 0.348. The Morgan fingerprint density at radius 2 is 2.00 bits per heavy atom. The average Bonchev–Trinajstić information content (AvgIpc) is 3.09. The van der Waals surface area contributed by atoms with Crippen molar-refractivity contribution in [1.29, 1.82) is 0 Å². The molecular weight excluding hydrogens is 416 g/mol. The second kappa shape index (κ2) is 9.44. The molecule has 1 aliphatic heterocycles. The highest BCUT2D eigenvalue weighted by atomic mass is 19.1. The lowest BCUT2D eigenvalue weighted by atomic mass is 10.2. The van der Waals surface area contributed by atoms with Gasteiger partial charge in [-0.1, -0.05) is 12.1 Å². The fourth-order valence-electron chi connectivity index (χ4n) is 3.87. The van der Waals surface area contributed by atoms with Gasteiger partial charge in [-0.25, -0.2) is 8.78 Å². The van der Waals surface area contributed by atoms with Crippen molar-refractivity contribution >= 4 is 5.91 Å². The van der Waals surface area contributed by atoms with Gasteiger partial charge in [0, 0.05) is 49.8 Å². The van der Waals surface area contributed by atoms with E-state index in [4.69, 9.17) is 4.74 Å². The molecule has 0 saturated heterocycles. The lowest BCUT2D eigenvalue weighted by molar-refractivity contribution is 0.0937.